The molecule has 1 aliphatic heterocycles. The summed E-state index contributed by atoms with van der Waals surface area (Å²) in [5.74, 6) is 0. The molecule has 1 atom stereocenters. The molecule has 1 heterocycles. The van der Waals surface area contributed by atoms with E-state index in [1.807, 2.05) is 12.3 Å². The van der Waals surface area contributed by atoms with Gasteiger partial charge in [-0.15, -0.1) is 6.58 Å². The maximum absolute atomic E-state index is 5.74. The zero-order chi connectivity index (χ0) is 11.0. The molecule has 0 aromatic heterocycles. The minimum Gasteiger partial charge on any atom is -0.495 e. The van der Waals surface area contributed by atoms with Gasteiger partial charge in [-0.1, -0.05) is 38.7 Å². The van der Waals surface area contributed by atoms with E-state index in [-0.39, 0.29) is 5.60 Å². The maximum Gasteiger partial charge on any atom is 0.115 e. The van der Waals surface area contributed by atoms with Crippen LogP contribution in [0.25, 0.3) is 0 Å². The van der Waals surface area contributed by atoms with Gasteiger partial charge in [0, 0.05) is 12.8 Å². The highest BCUT2D eigenvalue weighted by Crippen LogP contribution is 2.33. The van der Waals surface area contributed by atoms with Crippen molar-refractivity contribution in [2.45, 2.75) is 63.9 Å². The number of unbranched alkanes of at least 4 members (excludes halogenated alkanes) is 4. The van der Waals surface area contributed by atoms with Crippen molar-refractivity contribution >= 4 is 0 Å². The van der Waals surface area contributed by atoms with E-state index in [0.29, 0.717) is 0 Å². The van der Waals surface area contributed by atoms with Gasteiger partial charge in [-0.3, -0.25) is 0 Å². The minimum atomic E-state index is 0.0635. The Kier molecular flexibility index (Phi) is 5.52. The summed E-state index contributed by atoms with van der Waals surface area (Å²) in [7, 11) is 0. The van der Waals surface area contributed by atoms with Gasteiger partial charge in [0.1, 0.15) is 5.60 Å². The summed E-state index contributed by atoms with van der Waals surface area (Å²) >= 11 is 0. The summed E-state index contributed by atoms with van der Waals surface area (Å²) in [6.45, 7) is 6.07. The molecule has 0 aliphatic carbocycles. The SMILES string of the molecule is C=CCC1(CCCCCCC)CC=CO1. The fourth-order valence-corrected chi connectivity index (χ4v) is 2.21. The topological polar surface area (TPSA) is 9.23 Å². The predicted molar refractivity (Wildman–Crippen MR) is 65.8 cm³/mol. The highest BCUT2D eigenvalue weighted by molar-refractivity contribution is 5.00. The standard InChI is InChI=1S/C14H24O/c1-3-5-6-7-8-11-14(10-4-2)12-9-13-15-14/h4,9,13H,2-3,5-8,10-12H2,1H3. The molecule has 1 heteroatoms. The van der Waals surface area contributed by atoms with Gasteiger partial charge in [0.2, 0.25) is 0 Å². The molecule has 15 heavy (non-hydrogen) atoms. The van der Waals surface area contributed by atoms with Crippen molar-refractivity contribution in [3.05, 3.63) is 25.0 Å². The van der Waals surface area contributed by atoms with Gasteiger partial charge in [0.05, 0.1) is 6.26 Å². The summed E-state index contributed by atoms with van der Waals surface area (Å²) in [6, 6.07) is 0. The molecule has 0 radical (unpaired) electrons. The Morgan fingerprint density at radius 3 is 2.73 bits per heavy atom. The van der Waals surface area contributed by atoms with Crippen LogP contribution in [0.5, 0.6) is 0 Å². The average Bonchev–Trinajstić information content (AvgIpc) is 2.67. The lowest BCUT2D eigenvalue weighted by molar-refractivity contribution is 0.0363. The van der Waals surface area contributed by atoms with Crippen molar-refractivity contribution in [3.8, 4) is 0 Å². The zero-order valence-corrected chi connectivity index (χ0v) is 10.0. The van der Waals surface area contributed by atoms with Crippen LogP contribution in [-0.2, 0) is 4.74 Å². The van der Waals surface area contributed by atoms with Crippen molar-refractivity contribution in [2.24, 2.45) is 0 Å². The molecule has 0 saturated carbocycles. The van der Waals surface area contributed by atoms with E-state index in [4.69, 9.17) is 4.74 Å². The van der Waals surface area contributed by atoms with Crippen LogP contribution in [0.15, 0.2) is 25.0 Å². The molecule has 0 saturated heterocycles. The van der Waals surface area contributed by atoms with Crippen LogP contribution >= 0.6 is 0 Å². The van der Waals surface area contributed by atoms with Crippen LogP contribution in [0.3, 0.4) is 0 Å². The Hall–Kier alpha value is -0.720. The van der Waals surface area contributed by atoms with E-state index < -0.39 is 0 Å². The molecule has 0 fully saturated rings. The van der Waals surface area contributed by atoms with Crippen molar-refractivity contribution in [1.82, 2.24) is 0 Å². The molecule has 1 rings (SSSR count). The fraction of sp³-hybridized carbons (Fsp3) is 0.714. The molecular formula is C14H24O. The van der Waals surface area contributed by atoms with Crippen molar-refractivity contribution < 1.29 is 4.74 Å². The first kappa shape index (κ1) is 12.4. The molecule has 0 bridgehead atoms. The molecule has 1 unspecified atom stereocenters. The monoisotopic (exact) mass is 208 g/mol. The molecular weight excluding hydrogens is 184 g/mol. The molecule has 0 N–H and O–H groups in total. The van der Waals surface area contributed by atoms with Gasteiger partial charge in [0.15, 0.2) is 0 Å². The van der Waals surface area contributed by atoms with Crippen LogP contribution in [0.1, 0.15) is 58.3 Å². The first-order chi connectivity index (χ1) is 7.33. The lowest BCUT2D eigenvalue weighted by Crippen LogP contribution is -2.26. The van der Waals surface area contributed by atoms with Crippen molar-refractivity contribution in [1.29, 1.82) is 0 Å². The number of ether oxygens (including phenoxy) is 1. The maximum atomic E-state index is 5.74. The molecule has 0 amide bonds. The average molecular weight is 208 g/mol. The van der Waals surface area contributed by atoms with Crippen molar-refractivity contribution in [3.63, 3.8) is 0 Å². The zero-order valence-electron chi connectivity index (χ0n) is 10.0. The molecule has 1 aliphatic rings. The lowest BCUT2D eigenvalue weighted by Gasteiger charge is -2.27. The first-order valence-electron chi connectivity index (χ1n) is 6.27. The summed E-state index contributed by atoms with van der Waals surface area (Å²) < 4.78 is 5.74. The van der Waals surface area contributed by atoms with Gasteiger partial charge in [0.25, 0.3) is 0 Å². The predicted octanol–water partition coefficient (Wildman–Crippen LogP) is 4.60. The van der Waals surface area contributed by atoms with Crippen LogP contribution in [-0.4, -0.2) is 5.60 Å². The Morgan fingerprint density at radius 1 is 1.33 bits per heavy atom. The van der Waals surface area contributed by atoms with Crippen LogP contribution in [0, 0.1) is 0 Å². The van der Waals surface area contributed by atoms with E-state index in [1.54, 1.807) is 0 Å². The third-order valence-electron chi connectivity index (χ3n) is 3.16. The van der Waals surface area contributed by atoms with E-state index in [2.05, 4.69) is 19.6 Å². The van der Waals surface area contributed by atoms with Gasteiger partial charge in [-0.25, -0.2) is 0 Å². The Labute approximate surface area is 94.2 Å². The molecule has 0 aromatic rings. The largest absolute Gasteiger partial charge is 0.495 e. The molecule has 86 valence electrons. The summed E-state index contributed by atoms with van der Waals surface area (Å²) in [5.41, 5.74) is 0.0635. The van der Waals surface area contributed by atoms with Gasteiger partial charge in [-0.05, 0) is 18.9 Å². The van der Waals surface area contributed by atoms with Crippen LogP contribution < -0.4 is 0 Å². The summed E-state index contributed by atoms with van der Waals surface area (Å²) in [5, 5.41) is 0. The summed E-state index contributed by atoms with van der Waals surface area (Å²) in [6.07, 6.45) is 15.9. The smallest absolute Gasteiger partial charge is 0.115 e. The number of hydrogen-bond donors (Lipinski definition) is 0. The van der Waals surface area contributed by atoms with E-state index in [1.165, 1.54) is 38.5 Å². The van der Waals surface area contributed by atoms with E-state index >= 15 is 0 Å². The first-order valence-corrected chi connectivity index (χ1v) is 6.27. The number of hydrogen-bond acceptors (Lipinski definition) is 1. The third-order valence-corrected chi connectivity index (χ3v) is 3.16. The Balaban J connectivity index is 2.18. The van der Waals surface area contributed by atoms with Gasteiger partial charge < -0.3 is 4.74 Å². The second-order valence-corrected chi connectivity index (χ2v) is 4.53. The van der Waals surface area contributed by atoms with Gasteiger partial charge >= 0.3 is 0 Å². The summed E-state index contributed by atoms with van der Waals surface area (Å²) in [4.78, 5) is 0. The second kappa shape index (κ2) is 6.71. The van der Waals surface area contributed by atoms with Crippen LogP contribution in [0.4, 0.5) is 0 Å². The van der Waals surface area contributed by atoms with Gasteiger partial charge in [-0.2, -0.15) is 0 Å². The second-order valence-electron chi connectivity index (χ2n) is 4.53. The van der Waals surface area contributed by atoms with Crippen molar-refractivity contribution in [2.75, 3.05) is 0 Å². The lowest BCUT2D eigenvalue weighted by atomic mass is 9.90. The third kappa shape index (κ3) is 4.11. The fourth-order valence-electron chi connectivity index (χ4n) is 2.21. The highest BCUT2D eigenvalue weighted by Gasteiger charge is 2.30. The molecule has 0 aromatic carbocycles. The molecule has 0 spiro atoms. The quantitative estimate of drug-likeness (QED) is 0.418. The van der Waals surface area contributed by atoms with Crippen LogP contribution in [0.2, 0.25) is 0 Å². The molecule has 1 nitrogen and oxygen atoms in total. The normalized spacial score (nSPS) is 24.1. The highest BCUT2D eigenvalue weighted by atomic mass is 16.5. The van der Waals surface area contributed by atoms with E-state index in [0.717, 1.165) is 12.8 Å². The minimum absolute atomic E-state index is 0.0635. The number of rotatable bonds is 8. The Bertz CT molecular complexity index is 197. The Morgan fingerprint density at radius 2 is 2.13 bits per heavy atom. The van der Waals surface area contributed by atoms with E-state index in [9.17, 15) is 0 Å².